The van der Waals surface area contributed by atoms with Crippen molar-refractivity contribution in [3.8, 4) is 0 Å². The molecule has 1 fully saturated rings. The number of rotatable bonds is 2. The van der Waals surface area contributed by atoms with Crippen LogP contribution in [0.15, 0.2) is 57.0 Å². The number of carbonyl (C=O) groups is 1. The molecule has 1 unspecified atom stereocenters. The lowest BCUT2D eigenvalue weighted by molar-refractivity contribution is -0.119. The molecule has 0 bridgehead atoms. The summed E-state index contributed by atoms with van der Waals surface area (Å²) in [6, 6.07) is 7.50. The number of morpholine rings is 1. The largest absolute Gasteiger partial charge is 0.378 e. The summed E-state index contributed by atoms with van der Waals surface area (Å²) in [5.41, 5.74) is 1.82. The third kappa shape index (κ3) is 3.52. The topological polar surface area (TPSA) is 66.6 Å². The molecule has 0 saturated carbocycles. The maximum absolute atomic E-state index is 12.7. The van der Waals surface area contributed by atoms with Crippen molar-refractivity contribution in [2.75, 3.05) is 26.3 Å². The zero-order valence-electron chi connectivity index (χ0n) is 14.0. The monoisotopic (exact) mass is 368 g/mol. The van der Waals surface area contributed by atoms with Crippen molar-refractivity contribution in [2.45, 2.75) is 0 Å². The highest BCUT2D eigenvalue weighted by Gasteiger charge is 2.34. The number of fused-ring (bicyclic) bond motifs is 1. The molecule has 1 aromatic rings. The molecule has 1 saturated heterocycles. The molecule has 132 valence electrons. The highest BCUT2D eigenvalue weighted by Crippen LogP contribution is 2.25. The molecule has 1 aromatic carbocycles. The lowest BCUT2D eigenvalue weighted by Gasteiger charge is -2.30. The third-order valence-corrected chi connectivity index (χ3v) is 4.62. The maximum Gasteiger partial charge on any atom is 0.264 e. The molecule has 6 nitrogen and oxygen atoms in total. The Bertz CT molecular complexity index is 862. The fourth-order valence-electron chi connectivity index (χ4n) is 2.98. The first-order valence-corrected chi connectivity index (χ1v) is 8.80. The molecule has 0 spiro atoms. The Kier molecular flexibility index (Phi) is 4.77. The van der Waals surface area contributed by atoms with Crippen LogP contribution in [-0.4, -0.2) is 55.1 Å². The Hall–Kier alpha value is -2.57. The van der Waals surface area contributed by atoms with Crippen molar-refractivity contribution in [3.63, 3.8) is 0 Å². The highest BCUT2D eigenvalue weighted by atomic mass is 35.5. The van der Waals surface area contributed by atoms with Gasteiger partial charge < -0.3 is 9.64 Å². The van der Waals surface area contributed by atoms with E-state index in [1.165, 1.54) is 0 Å². The van der Waals surface area contributed by atoms with Crippen LogP contribution < -0.4 is 0 Å². The van der Waals surface area contributed by atoms with E-state index in [0.717, 1.165) is 11.1 Å². The number of halogens is 1. The second-order valence-electron chi connectivity index (χ2n) is 6.08. The Morgan fingerprint density at radius 3 is 2.65 bits per heavy atom. The summed E-state index contributed by atoms with van der Waals surface area (Å²) in [4.78, 5) is 27.6. The number of hydrogen-bond donors (Lipinski definition) is 0. The summed E-state index contributed by atoms with van der Waals surface area (Å²) in [6.45, 7) is 2.58. The molecule has 0 aliphatic carbocycles. The van der Waals surface area contributed by atoms with Gasteiger partial charge in [-0.2, -0.15) is 9.98 Å². The van der Waals surface area contributed by atoms with E-state index < -0.39 is 5.92 Å². The third-order valence-electron chi connectivity index (χ3n) is 4.37. The van der Waals surface area contributed by atoms with Gasteiger partial charge in [0.15, 0.2) is 0 Å². The number of amidine groups is 1. The molecular formula is C19H17ClN4O2. The Balaban J connectivity index is 1.55. The first-order valence-electron chi connectivity index (χ1n) is 8.42. The average molecular weight is 369 g/mol. The summed E-state index contributed by atoms with van der Waals surface area (Å²) < 4.78 is 5.34. The SMILES string of the molecule is O=C1N=C(N2CCOCC2)N=C2N=CC=C(/C=C/c3ccc(Cl)cc3)C12. The first-order chi connectivity index (χ1) is 12.7. The molecule has 3 heterocycles. The minimum absolute atomic E-state index is 0.236. The standard InChI is InChI=1S/C19H17ClN4O2/c20-15-5-2-13(3-6-15)1-4-14-7-8-21-17-16(14)18(25)23-19(22-17)24-9-11-26-12-10-24/h1-8,16H,9-12H2/b4-1+. The van der Waals surface area contributed by atoms with Crippen LogP contribution >= 0.6 is 11.6 Å². The lowest BCUT2D eigenvalue weighted by Crippen LogP contribution is -2.43. The van der Waals surface area contributed by atoms with Crippen LogP contribution in [0.2, 0.25) is 5.02 Å². The van der Waals surface area contributed by atoms with Crippen LogP contribution in [0.25, 0.3) is 6.08 Å². The number of aliphatic imine (C=N–C) groups is 3. The number of ether oxygens (including phenoxy) is 1. The van der Waals surface area contributed by atoms with Crippen LogP contribution in [0.5, 0.6) is 0 Å². The van der Waals surface area contributed by atoms with E-state index in [9.17, 15) is 4.79 Å². The van der Waals surface area contributed by atoms with Gasteiger partial charge in [0.25, 0.3) is 5.91 Å². The summed E-state index contributed by atoms with van der Waals surface area (Å²) >= 11 is 5.91. The quantitative estimate of drug-likeness (QED) is 0.805. The number of guanidine groups is 1. The Morgan fingerprint density at radius 1 is 1.12 bits per heavy atom. The van der Waals surface area contributed by atoms with E-state index in [0.29, 0.717) is 43.1 Å². The number of benzene rings is 1. The van der Waals surface area contributed by atoms with Crippen molar-refractivity contribution in [2.24, 2.45) is 20.9 Å². The number of dihydropyridines is 1. The fourth-order valence-corrected chi connectivity index (χ4v) is 3.11. The number of carbonyl (C=O) groups excluding carboxylic acids is 1. The zero-order valence-corrected chi connectivity index (χ0v) is 14.8. The van der Waals surface area contributed by atoms with Crippen molar-refractivity contribution < 1.29 is 9.53 Å². The van der Waals surface area contributed by atoms with E-state index in [2.05, 4.69) is 15.0 Å². The Labute approximate surface area is 156 Å². The Morgan fingerprint density at radius 2 is 1.88 bits per heavy atom. The van der Waals surface area contributed by atoms with Gasteiger partial charge in [-0.25, -0.2) is 4.99 Å². The molecule has 3 aliphatic rings. The van der Waals surface area contributed by atoms with E-state index in [1.807, 2.05) is 47.4 Å². The van der Waals surface area contributed by atoms with Crippen LogP contribution in [0, 0.1) is 5.92 Å². The van der Waals surface area contributed by atoms with Gasteiger partial charge in [0, 0.05) is 24.3 Å². The van der Waals surface area contributed by atoms with Crippen LogP contribution in [0.3, 0.4) is 0 Å². The van der Waals surface area contributed by atoms with Crippen molar-refractivity contribution in [3.05, 3.63) is 52.6 Å². The highest BCUT2D eigenvalue weighted by molar-refractivity contribution is 6.30. The van der Waals surface area contributed by atoms with Crippen molar-refractivity contribution >= 4 is 41.6 Å². The van der Waals surface area contributed by atoms with Gasteiger partial charge in [0.05, 0.1) is 13.2 Å². The maximum atomic E-state index is 12.7. The predicted octanol–water partition coefficient (Wildman–Crippen LogP) is 2.61. The van der Waals surface area contributed by atoms with Gasteiger partial charge in [0.2, 0.25) is 5.96 Å². The molecule has 7 heteroatoms. The smallest absolute Gasteiger partial charge is 0.264 e. The summed E-state index contributed by atoms with van der Waals surface area (Å²) in [6.07, 6.45) is 7.34. The molecule has 0 aromatic heterocycles. The van der Waals surface area contributed by atoms with Crippen molar-refractivity contribution in [1.82, 2.24) is 4.90 Å². The van der Waals surface area contributed by atoms with Gasteiger partial charge in [0.1, 0.15) is 11.8 Å². The molecule has 0 radical (unpaired) electrons. The van der Waals surface area contributed by atoms with Gasteiger partial charge in [-0.15, -0.1) is 0 Å². The van der Waals surface area contributed by atoms with E-state index >= 15 is 0 Å². The summed E-state index contributed by atoms with van der Waals surface area (Å²) in [5, 5.41) is 0.688. The molecule has 1 atom stereocenters. The predicted molar refractivity (Wildman–Crippen MR) is 103 cm³/mol. The molecule has 0 N–H and O–H groups in total. The van der Waals surface area contributed by atoms with E-state index in [1.54, 1.807) is 6.21 Å². The molecule has 26 heavy (non-hydrogen) atoms. The number of nitrogens with zero attached hydrogens (tertiary/aromatic N) is 4. The molecule has 4 rings (SSSR count). The lowest BCUT2D eigenvalue weighted by atomic mass is 9.93. The summed E-state index contributed by atoms with van der Waals surface area (Å²) in [7, 11) is 0. The van der Waals surface area contributed by atoms with Gasteiger partial charge in [-0.3, -0.25) is 4.79 Å². The van der Waals surface area contributed by atoms with E-state index in [-0.39, 0.29) is 5.91 Å². The molecule has 3 aliphatic heterocycles. The second-order valence-corrected chi connectivity index (χ2v) is 6.52. The number of allylic oxidation sites excluding steroid dienone is 2. The van der Waals surface area contributed by atoms with Gasteiger partial charge >= 0.3 is 0 Å². The molecular weight excluding hydrogens is 352 g/mol. The van der Waals surface area contributed by atoms with Gasteiger partial charge in [-0.1, -0.05) is 35.9 Å². The first kappa shape index (κ1) is 16.9. The normalized spacial score (nSPS) is 22.8. The molecule has 1 amide bonds. The van der Waals surface area contributed by atoms with Crippen LogP contribution in [-0.2, 0) is 9.53 Å². The average Bonchev–Trinajstić information content (AvgIpc) is 2.68. The fraction of sp³-hybridized carbons (Fsp3) is 0.263. The number of amides is 1. The summed E-state index contributed by atoms with van der Waals surface area (Å²) in [5.74, 6) is 0.142. The van der Waals surface area contributed by atoms with Crippen LogP contribution in [0.1, 0.15) is 5.56 Å². The van der Waals surface area contributed by atoms with Crippen LogP contribution in [0.4, 0.5) is 0 Å². The zero-order chi connectivity index (χ0) is 17.9. The van der Waals surface area contributed by atoms with Crippen molar-refractivity contribution in [1.29, 1.82) is 0 Å². The van der Waals surface area contributed by atoms with Gasteiger partial charge in [-0.05, 0) is 29.3 Å². The van der Waals surface area contributed by atoms with E-state index in [4.69, 9.17) is 16.3 Å². The second kappa shape index (κ2) is 7.35. The number of hydrogen-bond acceptors (Lipinski definition) is 5. The minimum Gasteiger partial charge on any atom is -0.378 e. The minimum atomic E-state index is -0.548.